The molecule has 3 heterocycles. The zero-order valence-electron chi connectivity index (χ0n) is 14.3. The second kappa shape index (κ2) is 7.72. The van der Waals surface area contributed by atoms with Crippen LogP contribution < -0.4 is 21.1 Å². The number of nitrogens with two attached hydrogens (primary N) is 1. The molecular formula is C16H21N7O3. The Morgan fingerprint density at radius 3 is 3.08 bits per heavy atom. The van der Waals surface area contributed by atoms with E-state index in [0.717, 1.165) is 12.8 Å². The van der Waals surface area contributed by atoms with Gasteiger partial charge in [-0.3, -0.25) is 0 Å². The van der Waals surface area contributed by atoms with E-state index < -0.39 is 6.09 Å². The summed E-state index contributed by atoms with van der Waals surface area (Å²) in [5, 5.41) is 15.4. The lowest BCUT2D eigenvalue weighted by Gasteiger charge is -2.31. The van der Waals surface area contributed by atoms with Gasteiger partial charge in [-0.15, -0.1) is 0 Å². The second-order valence-electron chi connectivity index (χ2n) is 5.89. The van der Waals surface area contributed by atoms with Crippen molar-refractivity contribution in [2.24, 2.45) is 0 Å². The summed E-state index contributed by atoms with van der Waals surface area (Å²) in [6.45, 7) is 0.929. The highest BCUT2D eigenvalue weighted by molar-refractivity contribution is 5.67. The number of piperidine rings is 1. The van der Waals surface area contributed by atoms with Crippen LogP contribution in [0.5, 0.6) is 5.88 Å². The first-order valence-corrected chi connectivity index (χ1v) is 8.19. The van der Waals surface area contributed by atoms with Crippen LogP contribution in [0.4, 0.5) is 27.9 Å². The fraction of sp³-hybridized carbons (Fsp3) is 0.375. The molecule has 1 unspecified atom stereocenters. The minimum atomic E-state index is -0.918. The van der Waals surface area contributed by atoms with Gasteiger partial charge in [0.2, 0.25) is 11.8 Å². The fourth-order valence-electron chi connectivity index (χ4n) is 2.80. The molecule has 2 aromatic heterocycles. The first-order valence-electron chi connectivity index (χ1n) is 8.19. The number of ether oxygens (including phenoxy) is 1. The highest BCUT2D eigenvalue weighted by Crippen LogP contribution is 2.25. The van der Waals surface area contributed by atoms with E-state index in [9.17, 15) is 4.79 Å². The molecule has 0 radical (unpaired) electrons. The van der Waals surface area contributed by atoms with E-state index in [4.69, 9.17) is 15.6 Å². The molecule has 0 aliphatic carbocycles. The summed E-state index contributed by atoms with van der Waals surface area (Å²) >= 11 is 0. The molecular weight excluding hydrogens is 338 g/mol. The zero-order chi connectivity index (χ0) is 18.5. The van der Waals surface area contributed by atoms with Gasteiger partial charge in [0.1, 0.15) is 5.69 Å². The van der Waals surface area contributed by atoms with Crippen molar-refractivity contribution < 1.29 is 14.6 Å². The van der Waals surface area contributed by atoms with Crippen LogP contribution in [-0.4, -0.2) is 57.3 Å². The van der Waals surface area contributed by atoms with Crippen LogP contribution in [0.15, 0.2) is 24.5 Å². The maximum atomic E-state index is 11.2. The number of carboxylic acid groups (broad SMARTS) is 1. The highest BCUT2D eigenvalue weighted by Gasteiger charge is 2.24. The minimum absolute atomic E-state index is 0.0576. The molecule has 1 aliphatic rings. The van der Waals surface area contributed by atoms with E-state index in [1.807, 2.05) is 0 Å². The van der Waals surface area contributed by atoms with Gasteiger partial charge in [-0.05, 0) is 25.0 Å². The summed E-state index contributed by atoms with van der Waals surface area (Å²) < 4.78 is 5.20. The molecule has 0 aromatic carbocycles. The number of nitrogen functional groups attached to an aromatic ring is 1. The molecule has 1 amide bonds. The molecule has 1 saturated heterocycles. The minimum Gasteiger partial charge on any atom is -0.480 e. The van der Waals surface area contributed by atoms with E-state index in [0.29, 0.717) is 42.1 Å². The molecule has 10 nitrogen and oxygen atoms in total. The highest BCUT2D eigenvalue weighted by atomic mass is 16.5. The van der Waals surface area contributed by atoms with Crippen molar-refractivity contribution in [3.63, 3.8) is 0 Å². The Balaban J connectivity index is 1.74. The summed E-state index contributed by atoms with van der Waals surface area (Å²) in [6, 6.07) is 3.51. The van der Waals surface area contributed by atoms with Gasteiger partial charge >= 0.3 is 6.09 Å². The molecule has 5 N–H and O–H groups in total. The number of anilines is 4. The Kier molecular flexibility index (Phi) is 5.20. The molecule has 138 valence electrons. The molecule has 1 aliphatic heterocycles. The smallest absolute Gasteiger partial charge is 0.407 e. The number of pyridine rings is 1. The number of aromatic nitrogens is 3. The topological polar surface area (TPSA) is 139 Å². The number of carbonyl (C=O) groups is 1. The Hall–Kier alpha value is -3.30. The van der Waals surface area contributed by atoms with Crippen LogP contribution in [0.2, 0.25) is 0 Å². The van der Waals surface area contributed by atoms with Gasteiger partial charge in [0.15, 0.2) is 5.82 Å². The van der Waals surface area contributed by atoms with Crippen molar-refractivity contribution >= 4 is 29.2 Å². The molecule has 2 aromatic rings. The largest absolute Gasteiger partial charge is 0.480 e. The Labute approximate surface area is 150 Å². The first-order chi connectivity index (χ1) is 12.6. The van der Waals surface area contributed by atoms with E-state index >= 15 is 0 Å². The van der Waals surface area contributed by atoms with Gasteiger partial charge in [-0.25, -0.2) is 14.8 Å². The average molecular weight is 359 g/mol. The van der Waals surface area contributed by atoms with Crippen molar-refractivity contribution in [1.29, 1.82) is 0 Å². The van der Waals surface area contributed by atoms with Crippen molar-refractivity contribution in [3.8, 4) is 5.88 Å². The van der Waals surface area contributed by atoms with Crippen LogP contribution in [0.3, 0.4) is 0 Å². The van der Waals surface area contributed by atoms with Gasteiger partial charge in [0, 0.05) is 25.3 Å². The van der Waals surface area contributed by atoms with Gasteiger partial charge in [-0.2, -0.15) is 4.98 Å². The molecule has 26 heavy (non-hydrogen) atoms. The Bertz CT molecular complexity index is 786. The van der Waals surface area contributed by atoms with Crippen molar-refractivity contribution in [2.75, 3.05) is 36.6 Å². The van der Waals surface area contributed by atoms with Gasteiger partial charge < -0.3 is 31.1 Å². The predicted molar refractivity (Wildman–Crippen MR) is 96.8 cm³/mol. The maximum Gasteiger partial charge on any atom is 0.407 e. The summed E-state index contributed by atoms with van der Waals surface area (Å²) in [6.07, 6.45) is 3.83. The summed E-state index contributed by atoms with van der Waals surface area (Å²) in [4.78, 5) is 25.2. The zero-order valence-corrected chi connectivity index (χ0v) is 14.3. The van der Waals surface area contributed by atoms with E-state index in [1.165, 1.54) is 18.2 Å². The van der Waals surface area contributed by atoms with Crippen molar-refractivity contribution in [1.82, 2.24) is 19.9 Å². The molecule has 3 rings (SSSR count). The van der Waals surface area contributed by atoms with Gasteiger partial charge in [-0.1, -0.05) is 0 Å². The number of nitrogens with one attached hydrogen (secondary N) is 2. The third-order valence-corrected chi connectivity index (χ3v) is 4.06. The van der Waals surface area contributed by atoms with Crippen molar-refractivity contribution in [2.45, 2.75) is 18.9 Å². The SMILES string of the molecule is COc1ncccc1Nc1ncc(N)c(NC2CCCN(C(=O)O)C2)n1. The van der Waals surface area contributed by atoms with Crippen LogP contribution >= 0.6 is 0 Å². The average Bonchev–Trinajstić information content (AvgIpc) is 2.65. The van der Waals surface area contributed by atoms with Gasteiger partial charge in [0.05, 0.1) is 19.0 Å². The number of nitrogens with zero attached hydrogens (tertiary/aromatic N) is 4. The quantitative estimate of drug-likeness (QED) is 0.629. The van der Waals surface area contributed by atoms with Crippen LogP contribution in [0.1, 0.15) is 12.8 Å². The molecule has 0 saturated carbocycles. The standard InChI is InChI=1S/C16H21N7O3/c1-26-14-12(5-2-6-18-14)21-15-19-8-11(17)13(22-15)20-10-4-3-7-23(9-10)16(24)25/h2,5-6,8,10H,3-4,7,9,17H2,1H3,(H,24,25)(H2,19,20,21,22). The van der Waals surface area contributed by atoms with Gasteiger partial charge in [0.25, 0.3) is 0 Å². The fourth-order valence-corrected chi connectivity index (χ4v) is 2.80. The molecule has 10 heteroatoms. The summed E-state index contributed by atoms with van der Waals surface area (Å²) in [5.74, 6) is 1.22. The van der Waals surface area contributed by atoms with E-state index in [2.05, 4.69) is 25.6 Å². The number of likely N-dealkylation sites (tertiary alicyclic amines) is 1. The third kappa shape index (κ3) is 4.02. The lowest BCUT2D eigenvalue weighted by molar-refractivity contribution is 0.133. The number of methoxy groups -OCH3 is 1. The molecule has 1 fully saturated rings. The van der Waals surface area contributed by atoms with Crippen LogP contribution in [0, 0.1) is 0 Å². The molecule has 1 atom stereocenters. The molecule has 0 bridgehead atoms. The number of rotatable bonds is 5. The normalized spacial score (nSPS) is 16.8. The molecule has 0 spiro atoms. The maximum absolute atomic E-state index is 11.2. The lowest BCUT2D eigenvalue weighted by Crippen LogP contribution is -2.44. The van der Waals surface area contributed by atoms with E-state index in [1.54, 1.807) is 18.3 Å². The number of amides is 1. The van der Waals surface area contributed by atoms with E-state index in [-0.39, 0.29) is 6.04 Å². The lowest BCUT2D eigenvalue weighted by atomic mass is 10.1. The van der Waals surface area contributed by atoms with Crippen LogP contribution in [-0.2, 0) is 0 Å². The number of hydrogen-bond donors (Lipinski definition) is 4. The van der Waals surface area contributed by atoms with Crippen molar-refractivity contribution in [3.05, 3.63) is 24.5 Å². The van der Waals surface area contributed by atoms with Crippen LogP contribution in [0.25, 0.3) is 0 Å². The summed E-state index contributed by atoms with van der Waals surface area (Å²) in [5.41, 5.74) is 6.98. The Morgan fingerprint density at radius 1 is 1.46 bits per heavy atom. The summed E-state index contributed by atoms with van der Waals surface area (Å²) in [7, 11) is 1.53. The Morgan fingerprint density at radius 2 is 2.31 bits per heavy atom. The third-order valence-electron chi connectivity index (χ3n) is 4.06. The predicted octanol–water partition coefficient (Wildman–Crippen LogP) is 1.76. The number of hydrogen-bond acceptors (Lipinski definition) is 8. The first kappa shape index (κ1) is 17.5. The monoisotopic (exact) mass is 359 g/mol. The second-order valence-corrected chi connectivity index (χ2v) is 5.89.